The minimum absolute atomic E-state index is 0.215. The fourth-order valence-corrected chi connectivity index (χ4v) is 1.86. The minimum Gasteiger partial charge on any atom is -0.397 e. The third-order valence-electron chi connectivity index (χ3n) is 2.73. The molecule has 90 valence electrons. The maximum atomic E-state index is 13.6. The molecule has 1 heterocycles. The largest absolute Gasteiger partial charge is 0.397 e. The first-order valence-corrected chi connectivity index (χ1v) is 5.35. The summed E-state index contributed by atoms with van der Waals surface area (Å²) in [4.78, 5) is 7.19. The van der Waals surface area contributed by atoms with Crippen LogP contribution in [0.1, 0.15) is 0 Å². The van der Waals surface area contributed by atoms with Gasteiger partial charge in [0, 0.05) is 6.07 Å². The summed E-state index contributed by atoms with van der Waals surface area (Å²) in [6, 6.07) is 8.65. The second kappa shape index (κ2) is 3.80. The zero-order valence-electron chi connectivity index (χ0n) is 9.24. The summed E-state index contributed by atoms with van der Waals surface area (Å²) in [5.74, 6) is -0.945. The molecule has 3 nitrogen and oxygen atoms in total. The lowest BCUT2D eigenvalue weighted by Gasteiger charge is -1.98. The number of nitrogens with zero attached hydrogens (tertiary/aromatic N) is 1. The van der Waals surface area contributed by atoms with Crippen LogP contribution in [0.5, 0.6) is 0 Å². The first-order chi connectivity index (χ1) is 8.65. The van der Waals surface area contributed by atoms with Gasteiger partial charge < -0.3 is 10.7 Å². The summed E-state index contributed by atoms with van der Waals surface area (Å²) >= 11 is 0. The van der Waals surface area contributed by atoms with Gasteiger partial charge in [0.1, 0.15) is 23.0 Å². The van der Waals surface area contributed by atoms with Crippen LogP contribution >= 0.6 is 0 Å². The van der Waals surface area contributed by atoms with E-state index in [0.29, 0.717) is 22.5 Å². The Hall–Kier alpha value is -2.43. The fraction of sp³-hybridized carbons (Fsp3) is 0. The molecule has 0 aliphatic heterocycles. The van der Waals surface area contributed by atoms with Gasteiger partial charge in [-0.3, -0.25) is 0 Å². The molecule has 0 saturated carbocycles. The molecule has 0 amide bonds. The fourth-order valence-electron chi connectivity index (χ4n) is 1.86. The van der Waals surface area contributed by atoms with Gasteiger partial charge in [-0.2, -0.15) is 0 Å². The second-order valence-electron chi connectivity index (χ2n) is 3.95. The minimum atomic E-state index is -0.660. The topological polar surface area (TPSA) is 54.7 Å². The first kappa shape index (κ1) is 10.7. The van der Waals surface area contributed by atoms with E-state index in [1.54, 1.807) is 18.2 Å². The second-order valence-corrected chi connectivity index (χ2v) is 3.95. The molecule has 3 rings (SSSR count). The number of hydrogen-bond acceptors (Lipinski definition) is 2. The summed E-state index contributed by atoms with van der Waals surface area (Å²) < 4.78 is 26.5. The Morgan fingerprint density at radius 3 is 2.67 bits per heavy atom. The lowest BCUT2D eigenvalue weighted by Crippen LogP contribution is -1.88. The van der Waals surface area contributed by atoms with Gasteiger partial charge in [0.05, 0.1) is 16.8 Å². The van der Waals surface area contributed by atoms with Gasteiger partial charge in [-0.15, -0.1) is 0 Å². The highest BCUT2D eigenvalue weighted by molar-refractivity contribution is 5.89. The Balaban J connectivity index is 2.23. The van der Waals surface area contributed by atoms with Crippen molar-refractivity contribution < 1.29 is 8.78 Å². The maximum absolute atomic E-state index is 13.6. The molecule has 2 aromatic carbocycles. The summed E-state index contributed by atoms with van der Waals surface area (Å²) in [5.41, 5.74) is 7.80. The van der Waals surface area contributed by atoms with Crippen LogP contribution in [0.2, 0.25) is 0 Å². The number of benzene rings is 2. The van der Waals surface area contributed by atoms with Gasteiger partial charge in [-0.25, -0.2) is 13.8 Å². The summed E-state index contributed by atoms with van der Waals surface area (Å²) in [6.45, 7) is 0. The Morgan fingerprint density at radius 2 is 1.94 bits per heavy atom. The number of imidazole rings is 1. The number of aromatic nitrogens is 2. The first-order valence-electron chi connectivity index (χ1n) is 5.35. The van der Waals surface area contributed by atoms with Crippen molar-refractivity contribution in [3.8, 4) is 11.4 Å². The van der Waals surface area contributed by atoms with Crippen molar-refractivity contribution in [2.45, 2.75) is 0 Å². The van der Waals surface area contributed by atoms with Crippen molar-refractivity contribution >= 4 is 16.7 Å². The number of H-pyrrole nitrogens is 1. The van der Waals surface area contributed by atoms with Crippen molar-refractivity contribution in [1.82, 2.24) is 9.97 Å². The molecular formula is C13H9F2N3. The molecule has 0 radical (unpaired) electrons. The number of nitrogens with one attached hydrogen (secondary N) is 1. The Morgan fingerprint density at radius 1 is 1.11 bits per heavy atom. The van der Waals surface area contributed by atoms with E-state index in [2.05, 4.69) is 9.97 Å². The number of aromatic amines is 1. The number of nitrogen functional groups attached to an aromatic ring is 1. The van der Waals surface area contributed by atoms with Crippen molar-refractivity contribution in [2.24, 2.45) is 0 Å². The number of fused-ring (bicyclic) bond motifs is 1. The predicted octanol–water partition coefficient (Wildman–Crippen LogP) is 3.09. The van der Waals surface area contributed by atoms with Crippen molar-refractivity contribution in [2.75, 3.05) is 5.73 Å². The van der Waals surface area contributed by atoms with Crippen molar-refractivity contribution in [1.29, 1.82) is 0 Å². The van der Waals surface area contributed by atoms with Crippen molar-refractivity contribution in [3.05, 3.63) is 48.0 Å². The zero-order valence-corrected chi connectivity index (χ0v) is 9.24. The van der Waals surface area contributed by atoms with E-state index < -0.39 is 11.6 Å². The molecule has 1 aromatic heterocycles. The molecule has 0 fully saturated rings. The van der Waals surface area contributed by atoms with E-state index in [-0.39, 0.29) is 5.56 Å². The van der Waals surface area contributed by atoms with Crippen LogP contribution < -0.4 is 5.73 Å². The van der Waals surface area contributed by atoms with Crippen LogP contribution in [-0.2, 0) is 0 Å². The summed E-state index contributed by atoms with van der Waals surface area (Å²) in [6.07, 6.45) is 0. The lowest BCUT2D eigenvalue weighted by atomic mass is 10.2. The van der Waals surface area contributed by atoms with Crippen LogP contribution in [0.3, 0.4) is 0 Å². The van der Waals surface area contributed by atoms with Crippen molar-refractivity contribution in [3.63, 3.8) is 0 Å². The molecule has 0 aliphatic carbocycles. The highest BCUT2D eigenvalue weighted by Crippen LogP contribution is 2.25. The lowest BCUT2D eigenvalue weighted by molar-refractivity contribution is 0.585. The van der Waals surface area contributed by atoms with Crippen LogP contribution in [0, 0.1) is 11.6 Å². The molecule has 0 spiro atoms. The molecule has 0 aliphatic rings. The van der Waals surface area contributed by atoms with Gasteiger partial charge in [-0.1, -0.05) is 6.07 Å². The normalized spacial score (nSPS) is 11.0. The van der Waals surface area contributed by atoms with Crippen LogP contribution in [-0.4, -0.2) is 9.97 Å². The van der Waals surface area contributed by atoms with Crippen LogP contribution in [0.4, 0.5) is 14.5 Å². The van der Waals surface area contributed by atoms with Gasteiger partial charge >= 0.3 is 0 Å². The molecule has 0 unspecified atom stereocenters. The van der Waals surface area contributed by atoms with E-state index in [1.165, 1.54) is 12.1 Å². The Bertz CT molecular complexity index is 734. The SMILES string of the molecule is Nc1cccc2[nH]c(-c3ccc(F)cc3F)nc12. The maximum Gasteiger partial charge on any atom is 0.141 e. The van der Waals surface area contributed by atoms with Crippen LogP contribution in [0.25, 0.3) is 22.4 Å². The molecule has 18 heavy (non-hydrogen) atoms. The van der Waals surface area contributed by atoms with E-state index >= 15 is 0 Å². The molecule has 3 N–H and O–H groups in total. The van der Waals surface area contributed by atoms with Gasteiger partial charge in [0.25, 0.3) is 0 Å². The Kier molecular flexibility index (Phi) is 2.26. The van der Waals surface area contributed by atoms with E-state index in [0.717, 1.165) is 6.07 Å². The number of nitrogens with two attached hydrogens (primary N) is 1. The van der Waals surface area contributed by atoms with Gasteiger partial charge in [0.15, 0.2) is 0 Å². The third-order valence-corrected chi connectivity index (χ3v) is 2.73. The summed E-state index contributed by atoms with van der Waals surface area (Å²) in [7, 11) is 0. The van der Waals surface area contributed by atoms with Crippen LogP contribution in [0.15, 0.2) is 36.4 Å². The number of rotatable bonds is 1. The highest BCUT2D eigenvalue weighted by Gasteiger charge is 2.11. The molecule has 3 aromatic rings. The average molecular weight is 245 g/mol. The van der Waals surface area contributed by atoms with Gasteiger partial charge in [-0.05, 0) is 24.3 Å². The Labute approximate surface area is 101 Å². The standard InChI is InChI=1S/C13H9F2N3/c14-7-4-5-8(9(15)6-7)13-17-11-3-1-2-10(16)12(11)18-13/h1-6H,16H2,(H,17,18). The number of hydrogen-bond donors (Lipinski definition) is 2. The monoisotopic (exact) mass is 245 g/mol. The number of halogens is 2. The zero-order chi connectivity index (χ0) is 12.7. The number of para-hydroxylation sites is 1. The third kappa shape index (κ3) is 1.60. The smallest absolute Gasteiger partial charge is 0.141 e. The highest BCUT2D eigenvalue weighted by atomic mass is 19.1. The van der Waals surface area contributed by atoms with Gasteiger partial charge in [0.2, 0.25) is 0 Å². The summed E-state index contributed by atoms with van der Waals surface area (Å²) in [5, 5.41) is 0. The molecule has 0 saturated heterocycles. The van der Waals surface area contributed by atoms with E-state index in [1.807, 2.05) is 0 Å². The quantitative estimate of drug-likeness (QED) is 0.647. The van der Waals surface area contributed by atoms with E-state index in [4.69, 9.17) is 5.73 Å². The molecule has 0 atom stereocenters. The molecule has 0 bridgehead atoms. The molecule has 5 heteroatoms. The predicted molar refractivity (Wildman–Crippen MR) is 65.9 cm³/mol. The van der Waals surface area contributed by atoms with E-state index in [9.17, 15) is 8.78 Å². The number of anilines is 1. The average Bonchev–Trinajstić information content (AvgIpc) is 2.74. The molecular weight excluding hydrogens is 236 g/mol.